The van der Waals surface area contributed by atoms with Crippen molar-refractivity contribution in [2.24, 2.45) is 5.92 Å². The largest absolute Gasteiger partial charge is 0.381 e. The molecule has 0 amide bonds. The first kappa shape index (κ1) is 23.3. The Bertz CT molecular complexity index is 1320. The van der Waals surface area contributed by atoms with Crippen LogP contribution in [-0.2, 0) is 4.74 Å². The van der Waals surface area contributed by atoms with E-state index in [2.05, 4.69) is 100 Å². The highest BCUT2D eigenvalue weighted by atomic mass is 28.3. The minimum atomic E-state index is -1.05. The number of benzene rings is 2. The molecule has 5 rings (SSSR count). The van der Waals surface area contributed by atoms with Gasteiger partial charge in [-0.15, -0.1) is 0 Å². The molecule has 34 heavy (non-hydrogen) atoms. The summed E-state index contributed by atoms with van der Waals surface area (Å²) >= 11 is 0. The molecule has 2 atom stereocenters. The summed E-state index contributed by atoms with van der Waals surface area (Å²) < 4.78 is 6.16. The molecule has 0 fully saturated rings. The van der Waals surface area contributed by atoms with E-state index in [1.165, 1.54) is 49.9 Å². The Hall–Kier alpha value is -2.42. The average Bonchev–Trinajstić information content (AvgIpc) is 2.81. The van der Waals surface area contributed by atoms with E-state index in [1.54, 1.807) is 5.57 Å². The maximum atomic E-state index is 6.16. The van der Waals surface area contributed by atoms with Gasteiger partial charge in [0.1, 0.15) is 0 Å². The summed E-state index contributed by atoms with van der Waals surface area (Å²) in [7, 11) is -1.05. The predicted octanol–water partition coefficient (Wildman–Crippen LogP) is 6.84. The van der Waals surface area contributed by atoms with Gasteiger partial charge < -0.3 is 4.74 Å². The smallest absolute Gasteiger partial charge is 0.0566 e. The van der Waals surface area contributed by atoms with E-state index in [9.17, 15) is 0 Å². The minimum absolute atomic E-state index is 0.372. The molecule has 0 bridgehead atoms. The maximum Gasteiger partial charge on any atom is 0.0566 e. The molecule has 0 aromatic heterocycles. The van der Waals surface area contributed by atoms with Gasteiger partial charge in [-0.1, -0.05) is 97.6 Å². The quantitative estimate of drug-likeness (QED) is 0.334. The first-order valence-corrected chi connectivity index (χ1v) is 16.6. The van der Waals surface area contributed by atoms with Crippen LogP contribution in [0.3, 0.4) is 0 Å². The van der Waals surface area contributed by atoms with Crippen LogP contribution in [0.4, 0.5) is 0 Å². The molecule has 2 unspecified atom stereocenters. The summed E-state index contributed by atoms with van der Waals surface area (Å²) in [6.45, 7) is 13.4. The molecule has 3 aliphatic rings. The van der Waals surface area contributed by atoms with Crippen LogP contribution in [0.1, 0.15) is 47.9 Å². The van der Waals surface area contributed by atoms with Gasteiger partial charge in [-0.05, 0) is 71.0 Å². The van der Waals surface area contributed by atoms with Crippen molar-refractivity contribution in [1.29, 1.82) is 0 Å². The van der Waals surface area contributed by atoms with Crippen molar-refractivity contribution in [2.45, 2.75) is 58.3 Å². The van der Waals surface area contributed by atoms with Gasteiger partial charge in [0.05, 0.1) is 6.61 Å². The summed E-state index contributed by atoms with van der Waals surface area (Å²) in [5.41, 5.74) is 10.1. The normalized spacial score (nSPS) is 21.1. The fourth-order valence-corrected chi connectivity index (χ4v) is 6.32. The Labute approximate surface area is 206 Å². The Kier molecular flexibility index (Phi) is 6.39. The van der Waals surface area contributed by atoms with Crippen molar-refractivity contribution in [3.63, 3.8) is 0 Å². The van der Waals surface area contributed by atoms with Crippen molar-refractivity contribution >= 4 is 31.9 Å². The number of aryl methyl sites for hydroxylation is 1. The van der Waals surface area contributed by atoms with Gasteiger partial charge in [-0.2, -0.15) is 0 Å². The number of fused-ring (bicyclic) bond motifs is 4. The monoisotopic (exact) mass is 466 g/mol. The van der Waals surface area contributed by atoms with Crippen LogP contribution >= 0.6 is 0 Å². The van der Waals surface area contributed by atoms with Crippen molar-refractivity contribution in [2.75, 3.05) is 13.2 Å². The Morgan fingerprint density at radius 1 is 1.00 bits per heavy atom. The predicted molar refractivity (Wildman–Crippen MR) is 150 cm³/mol. The van der Waals surface area contributed by atoms with E-state index in [-0.39, 0.29) is 0 Å². The molecule has 0 saturated carbocycles. The molecule has 3 aliphatic carbocycles. The Balaban J connectivity index is 1.41. The molecule has 1 nitrogen and oxygen atoms in total. The fraction of sp³-hybridized carbons (Fsp3) is 0.375. The topological polar surface area (TPSA) is 9.23 Å². The summed E-state index contributed by atoms with van der Waals surface area (Å²) in [4.78, 5) is 0. The van der Waals surface area contributed by atoms with Crippen LogP contribution in [0, 0.1) is 12.8 Å². The zero-order valence-electron chi connectivity index (χ0n) is 21.4. The average molecular weight is 467 g/mol. The molecule has 0 N–H and O–H groups in total. The van der Waals surface area contributed by atoms with Gasteiger partial charge in [-0.25, -0.2) is 0 Å². The summed E-state index contributed by atoms with van der Waals surface area (Å²) in [6, 6.07) is 14.7. The highest BCUT2D eigenvalue weighted by Crippen LogP contribution is 2.38. The number of allylic oxidation sites excluding steroid dienone is 4. The minimum Gasteiger partial charge on any atom is -0.381 e. The van der Waals surface area contributed by atoms with E-state index < -0.39 is 8.07 Å². The lowest BCUT2D eigenvalue weighted by molar-refractivity contribution is 0.136. The molecule has 2 aromatic rings. The van der Waals surface area contributed by atoms with E-state index in [1.807, 2.05) is 0 Å². The van der Waals surface area contributed by atoms with Gasteiger partial charge >= 0.3 is 0 Å². The number of hydrogen-bond acceptors (Lipinski definition) is 1. The zero-order chi connectivity index (χ0) is 23.9. The van der Waals surface area contributed by atoms with Gasteiger partial charge in [0.15, 0.2) is 0 Å². The summed E-state index contributed by atoms with van der Waals surface area (Å²) in [6.07, 6.45) is 14.3. The van der Waals surface area contributed by atoms with Crippen LogP contribution in [-0.4, -0.2) is 21.3 Å². The highest BCUT2D eigenvalue weighted by Gasteiger charge is 2.23. The van der Waals surface area contributed by atoms with Gasteiger partial charge in [0.2, 0.25) is 0 Å². The first-order valence-electron chi connectivity index (χ1n) is 12.9. The molecule has 0 radical (unpaired) electrons. The van der Waals surface area contributed by atoms with Crippen LogP contribution < -0.4 is 10.4 Å². The third-order valence-electron chi connectivity index (χ3n) is 7.72. The number of ether oxygens (including phenoxy) is 1. The van der Waals surface area contributed by atoms with E-state index in [0.717, 1.165) is 26.1 Å². The summed E-state index contributed by atoms with van der Waals surface area (Å²) in [5, 5.41) is 2.83. The van der Waals surface area contributed by atoms with Crippen molar-refractivity contribution in [3.05, 3.63) is 92.4 Å². The Morgan fingerprint density at radius 2 is 1.82 bits per heavy atom. The molecule has 0 aliphatic heterocycles. The van der Waals surface area contributed by atoms with E-state index >= 15 is 0 Å². The number of rotatable bonds is 6. The molecular formula is C32H38OSi. The van der Waals surface area contributed by atoms with Crippen molar-refractivity contribution < 1.29 is 4.74 Å². The summed E-state index contributed by atoms with van der Waals surface area (Å²) in [5.74, 6) is 0.860. The van der Waals surface area contributed by atoms with Gasteiger partial charge in [0.25, 0.3) is 0 Å². The standard InChI is InChI=1S/C32H38OSi/c1-22-8-6-7-9-28(22)25-10-13-29-26(19-25)12-15-31-30(29)14-11-24-18-23(2)27(20-32(24)31)21-33-16-17-34(3,4)5/h6-11,13-15,18,20,25,27H,12,16-17,19,21H2,1-5H3. The van der Waals surface area contributed by atoms with Crippen LogP contribution in [0.2, 0.25) is 25.7 Å². The van der Waals surface area contributed by atoms with Crippen LogP contribution in [0.15, 0.2) is 59.7 Å². The highest BCUT2D eigenvalue weighted by molar-refractivity contribution is 6.76. The zero-order valence-corrected chi connectivity index (χ0v) is 22.4. The molecule has 0 saturated heterocycles. The molecule has 2 heteroatoms. The third-order valence-corrected chi connectivity index (χ3v) is 9.43. The molecule has 0 spiro atoms. The van der Waals surface area contributed by atoms with Gasteiger partial charge in [-0.3, -0.25) is 0 Å². The van der Waals surface area contributed by atoms with Crippen molar-refractivity contribution in [3.8, 4) is 0 Å². The number of hydrogen-bond donors (Lipinski definition) is 0. The van der Waals surface area contributed by atoms with Crippen molar-refractivity contribution in [1.82, 2.24) is 0 Å². The van der Waals surface area contributed by atoms with E-state index in [0.29, 0.717) is 11.8 Å². The fourth-order valence-electron chi connectivity index (χ4n) is 5.56. The van der Waals surface area contributed by atoms with Crippen LogP contribution in [0.5, 0.6) is 0 Å². The molecule has 2 aromatic carbocycles. The van der Waals surface area contributed by atoms with Crippen LogP contribution in [0.25, 0.3) is 23.8 Å². The second-order valence-corrected chi connectivity index (χ2v) is 17.1. The molecule has 176 valence electrons. The SMILES string of the molecule is CC1=Cc2ccc3c(c2=CC1COCC[Si](C)(C)C)=CCC1=C3C=CC(c2ccccc2C)C1. The Morgan fingerprint density at radius 3 is 2.62 bits per heavy atom. The van der Waals surface area contributed by atoms with E-state index in [4.69, 9.17) is 4.74 Å². The lowest BCUT2D eigenvalue weighted by Crippen LogP contribution is -2.36. The first-order chi connectivity index (χ1) is 16.3. The third kappa shape index (κ3) is 4.71. The molecule has 0 heterocycles. The lowest BCUT2D eigenvalue weighted by Gasteiger charge is -2.27. The second-order valence-electron chi connectivity index (χ2n) is 11.5. The second kappa shape index (κ2) is 9.32. The maximum absolute atomic E-state index is 6.16. The van der Waals surface area contributed by atoms with Gasteiger partial charge in [0, 0.05) is 26.5 Å². The molecular weight excluding hydrogens is 428 g/mol. The lowest BCUT2D eigenvalue weighted by atomic mass is 9.77.